The van der Waals surface area contributed by atoms with Crippen LogP contribution < -0.4 is 5.32 Å². The number of hydrogen-bond acceptors (Lipinski definition) is 4. The molecule has 2 saturated heterocycles. The third-order valence-corrected chi connectivity index (χ3v) is 4.78. The van der Waals surface area contributed by atoms with Crippen molar-refractivity contribution in [2.45, 2.75) is 19.0 Å². The average Bonchev–Trinajstić information content (AvgIpc) is 3.22. The fourth-order valence-electron chi connectivity index (χ4n) is 3.41. The van der Waals surface area contributed by atoms with Gasteiger partial charge in [-0.3, -0.25) is 9.58 Å². The van der Waals surface area contributed by atoms with Crippen LogP contribution in [0.15, 0.2) is 30.5 Å². The number of rotatable bonds is 4. The van der Waals surface area contributed by atoms with Crippen LogP contribution in [-0.4, -0.2) is 70.5 Å². The highest BCUT2D eigenvalue weighted by molar-refractivity contribution is 5.78. The first-order valence-electron chi connectivity index (χ1n) is 8.59. The second-order valence-electron chi connectivity index (χ2n) is 6.38. The van der Waals surface area contributed by atoms with E-state index in [4.69, 9.17) is 4.74 Å². The van der Waals surface area contributed by atoms with Gasteiger partial charge in [0.1, 0.15) is 6.61 Å². The maximum atomic E-state index is 12.3. The molecule has 0 radical (unpaired) electrons. The van der Waals surface area contributed by atoms with Gasteiger partial charge in [0, 0.05) is 38.1 Å². The Morgan fingerprint density at radius 3 is 3.12 bits per heavy atom. The Labute approximate surface area is 145 Å². The van der Waals surface area contributed by atoms with Crippen molar-refractivity contribution in [2.75, 3.05) is 32.8 Å². The van der Waals surface area contributed by atoms with Gasteiger partial charge in [-0.15, -0.1) is 0 Å². The number of nitrogens with zero attached hydrogens (tertiary/aromatic N) is 4. The van der Waals surface area contributed by atoms with E-state index in [0.717, 1.165) is 23.9 Å². The zero-order valence-corrected chi connectivity index (χ0v) is 13.9. The van der Waals surface area contributed by atoms with E-state index < -0.39 is 0 Å². The van der Waals surface area contributed by atoms with Gasteiger partial charge in [0.2, 0.25) is 0 Å². The summed E-state index contributed by atoms with van der Waals surface area (Å²) in [6.07, 6.45) is 2.40. The molecule has 0 saturated carbocycles. The first kappa shape index (κ1) is 15.7. The van der Waals surface area contributed by atoms with E-state index in [1.807, 2.05) is 35.1 Å². The number of urea groups is 1. The van der Waals surface area contributed by atoms with Crippen LogP contribution in [0.4, 0.5) is 9.59 Å². The van der Waals surface area contributed by atoms with Gasteiger partial charge < -0.3 is 15.0 Å². The molecule has 2 aliphatic heterocycles. The Kier molecular flexibility index (Phi) is 4.17. The number of cyclic esters (lactones) is 1. The first-order valence-corrected chi connectivity index (χ1v) is 8.59. The van der Waals surface area contributed by atoms with E-state index in [1.165, 1.54) is 0 Å². The van der Waals surface area contributed by atoms with E-state index >= 15 is 0 Å². The molecule has 0 aliphatic carbocycles. The minimum absolute atomic E-state index is 0.0116. The molecule has 25 heavy (non-hydrogen) atoms. The minimum atomic E-state index is -0.267. The number of ether oxygens (including phenoxy) is 1. The zero-order valence-electron chi connectivity index (χ0n) is 13.9. The lowest BCUT2D eigenvalue weighted by Crippen LogP contribution is -2.56. The fourth-order valence-corrected chi connectivity index (χ4v) is 3.41. The van der Waals surface area contributed by atoms with Crippen LogP contribution >= 0.6 is 0 Å². The van der Waals surface area contributed by atoms with E-state index in [0.29, 0.717) is 32.8 Å². The predicted octanol–water partition coefficient (Wildman–Crippen LogP) is 1.27. The van der Waals surface area contributed by atoms with Crippen molar-refractivity contribution in [3.05, 3.63) is 30.5 Å². The number of aryl methyl sites for hydroxylation is 1. The summed E-state index contributed by atoms with van der Waals surface area (Å²) >= 11 is 0. The zero-order chi connectivity index (χ0) is 17.2. The number of para-hydroxylation sites is 1. The molecule has 3 heterocycles. The molecular formula is C17H21N5O3. The summed E-state index contributed by atoms with van der Waals surface area (Å²) in [5.41, 5.74) is 1.11. The standard InChI is InChI=1S/C17H21N5O3/c23-16(20-8-9-21-14(11-20)12-25-17(21)24)18-6-3-7-22-15-5-2-1-4-13(15)10-19-22/h1-2,4-5,10,14H,3,6-9,11-12H2,(H,18,23)/t14-/m1/s1. The average molecular weight is 343 g/mol. The molecule has 2 aromatic rings. The number of piperazine rings is 1. The summed E-state index contributed by atoms with van der Waals surface area (Å²) in [5, 5.41) is 8.47. The smallest absolute Gasteiger partial charge is 0.410 e. The van der Waals surface area contributed by atoms with Crippen LogP contribution in [0.5, 0.6) is 0 Å². The Morgan fingerprint density at radius 1 is 1.32 bits per heavy atom. The summed E-state index contributed by atoms with van der Waals surface area (Å²) in [4.78, 5) is 27.2. The van der Waals surface area contributed by atoms with Gasteiger partial charge in [-0.05, 0) is 12.5 Å². The van der Waals surface area contributed by atoms with Crippen molar-refractivity contribution in [1.29, 1.82) is 0 Å². The van der Waals surface area contributed by atoms with Crippen molar-refractivity contribution in [3.8, 4) is 0 Å². The van der Waals surface area contributed by atoms with Gasteiger partial charge in [-0.2, -0.15) is 5.10 Å². The number of amides is 3. The lowest BCUT2D eigenvalue weighted by molar-refractivity contribution is 0.127. The quantitative estimate of drug-likeness (QED) is 0.848. The number of aromatic nitrogens is 2. The molecule has 2 aliphatic rings. The molecule has 1 aromatic heterocycles. The second kappa shape index (κ2) is 6.62. The van der Waals surface area contributed by atoms with Crippen molar-refractivity contribution in [1.82, 2.24) is 24.9 Å². The summed E-state index contributed by atoms with van der Waals surface area (Å²) < 4.78 is 6.98. The third-order valence-electron chi connectivity index (χ3n) is 4.78. The SMILES string of the molecule is O=C(NCCCn1ncc2ccccc21)N1CCN2C(=O)OC[C@H]2C1. The Balaban J connectivity index is 1.23. The van der Waals surface area contributed by atoms with E-state index in [-0.39, 0.29) is 18.2 Å². The molecule has 1 aromatic carbocycles. The highest BCUT2D eigenvalue weighted by atomic mass is 16.6. The number of carbonyl (C=O) groups excluding carboxylic acids is 2. The first-order chi connectivity index (χ1) is 12.2. The summed E-state index contributed by atoms with van der Waals surface area (Å²) in [5.74, 6) is 0. The van der Waals surface area contributed by atoms with Crippen molar-refractivity contribution < 1.29 is 14.3 Å². The predicted molar refractivity (Wildman–Crippen MR) is 91.2 cm³/mol. The number of carbonyl (C=O) groups is 2. The molecular weight excluding hydrogens is 322 g/mol. The molecule has 132 valence electrons. The Hall–Kier alpha value is -2.77. The molecule has 0 unspecified atom stereocenters. The minimum Gasteiger partial charge on any atom is -0.447 e. The van der Waals surface area contributed by atoms with Gasteiger partial charge >= 0.3 is 12.1 Å². The summed E-state index contributed by atoms with van der Waals surface area (Å²) in [6, 6.07) is 7.99. The number of nitrogens with one attached hydrogen (secondary N) is 1. The van der Waals surface area contributed by atoms with Crippen LogP contribution in [0.3, 0.4) is 0 Å². The van der Waals surface area contributed by atoms with Gasteiger partial charge in [0.25, 0.3) is 0 Å². The maximum Gasteiger partial charge on any atom is 0.410 e. The van der Waals surface area contributed by atoms with Crippen molar-refractivity contribution in [2.24, 2.45) is 0 Å². The molecule has 0 bridgehead atoms. The highest BCUT2D eigenvalue weighted by Gasteiger charge is 2.38. The molecule has 1 N–H and O–H groups in total. The van der Waals surface area contributed by atoms with Gasteiger partial charge in [0.15, 0.2) is 0 Å². The van der Waals surface area contributed by atoms with Crippen LogP contribution in [-0.2, 0) is 11.3 Å². The monoisotopic (exact) mass is 343 g/mol. The second-order valence-corrected chi connectivity index (χ2v) is 6.38. The largest absolute Gasteiger partial charge is 0.447 e. The Bertz CT molecular complexity index is 789. The molecule has 4 rings (SSSR count). The van der Waals surface area contributed by atoms with Crippen molar-refractivity contribution >= 4 is 23.0 Å². The third kappa shape index (κ3) is 3.11. The van der Waals surface area contributed by atoms with Crippen LogP contribution in [0.1, 0.15) is 6.42 Å². The molecule has 0 spiro atoms. The normalized spacial score (nSPS) is 19.8. The molecule has 1 atom stereocenters. The van der Waals surface area contributed by atoms with Gasteiger partial charge in [0.05, 0.1) is 17.8 Å². The number of hydrogen-bond donors (Lipinski definition) is 1. The molecule has 3 amide bonds. The summed E-state index contributed by atoms with van der Waals surface area (Å²) in [6.45, 7) is 3.33. The maximum absolute atomic E-state index is 12.3. The van der Waals surface area contributed by atoms with Gasteiger partial charge in [-0.1, -0.05) is 18.2 Å². The Morgan fingerprint density at radius 2 is 2.20 bits per heavy atom. The van der Waals surface area contributed by atoms with E-state index in [1.54, 1.807) is 9.80 Å². The van der Waals surface area contributed by atoms with Crippen LogP contribution in [0.25, 0.3) is 10.9 Å². The fraction of sp³-hybridized carbons (Fsp3) is 0.471. The molecule has 8 heteroatoms. The number of fused-ring (bicyclic) bond motifs is 2. The van der Waals surface area contributed by atoms with E-state index in [9.17, 15) is 9.59 Å². The van der Waals surface area contributed by atoms with E-state index in [2.05, 4.69) is 10.4 Å². The van der Waals surface area contributed by atoms with Gasteiger partial charge in [-0.25, -0.2) is 9.59 Å². The molecule has 2 fully saturated rings. The lowest BCUT2D eigenvalue weighted by Gasteiger charge is -2.35. The topological polar surface area (TPSA) is 79.7 Å². The molecule has 8 nitrogen and oxygen atoms in total. The summed E-state index contributed by atoms with van der Waals surface area (Å²) in [7, 11) is 0. The van der Waals surface area contributed by atoms with Crippen molar-refractivity contribution in [3.63, 3.8) is 0 Å². The number of benzene rings is 1. The highest BCUT2D eigenvalue weighted by Crippen LogP contribution is 2.17. The van der Waals surface area contributed by atoms with Crippen LogP contribution in [0.2, 0.25) is 0 Å². The van der Waals surface area contributed by atoms with Crippen LogP contribution in [0, 0.1) is 0 Å². The lowest BCUT2D eigenvalue weighted by atomic mass is 10.2.